The lowest BCUT2D eigenvalue weighted by atomic mass is 10.1. The molecule has 5 heteroatoms. The highest BCUT2D eigenvalue weighted by Crippen LogP contribution is 2.28. The largest absolute Gasteiger partial charge is 0.325 e. The number of imidazole rings is 1. The van der Waals surface area contributed by atoms with E-state index in [2.05, 4.69) is 10.3 Å². The summed E-state index contributed by atoms with van der Waals surface area (Å²) in [6, 6.07) is 23.1. The van der Waals surface area contributed by atoms with Gasteiger partial charge < -0.3 is 9.88 Å². The normalized spacial score (nSPS) is 10.8. The molecule has 1 heterocycles. The third kappa shape index (κ3) is 3.32. The number of nitrogens with one attached hydrogen (secondary N) is 1. The molecular formula is C21H16ClN3O. The standard InChI is InChI=1S/C21H16ClN3O/c22-18-6-2-1-5-17(18)15-9-11-16(12-10-15)24-21(26)13-25-14-23-19-7-3-4-8-20(19)25/h1-12,14H,13H2,(H,24,26). The van der Waals surface area contributed by atoms with Crippen molar-refractivity contribution in [2.24, 2.45) is 0 Å². The van der Waals surface area contributed by atoms with Crippen LogP contribution in [0.1, 0.15) is 0 Å². The molecule has 0 spiro atoms. The molecule has 0 aliphatic heterocycles. The molecule has 0 unspecified atom stereocenters. The number of carbonyl (C=O) groups is 1. The summed E-state index contributed by atoms with van der Waals surface area (Å²) in [5.41, 5.74) is 4.54. The van der Waals surface area contributed by atoms with E-state index >= 15 is 0 Å². The van der Waals surface area contributed by atoms with Crippen molar-refractivity contribution >= 4 is 34.2 Å². The lowest BCUT2D eigenvalue weighted by Gasteiger charge is -2.09. The SMILES string of the molecule is O=C(Cn1cnc2ccccc21)Nc1ccc(-c2ccccc2Cl)cc1. The lowest BCUT2D eigenvalue weighted by molar-refractivity contribution is -0.116. The minimum atomic E-state index is -0.0985. The van der Waals surface area contributed by atoms with E-state index in [1.165, 1.54) is 0 Å². The van der Waals surface area contributed by atoms with Crippen molar-refractivity contribution in [2.75, 3.05) is 5.32 Å². The van der Waals surface area contributed by atoms with Crippen LogP contribution in [0.4, 0.5) is 5.69 Å². The maximum Gasteiger partial charge on any atom is 0.244 e. The van der Waals surface area contributed by atoms with E-state index in [1.54, 1.807) is 6.33 Å². The molecule has 0 radical (unpaired) electrons. The van der Waals surface area contributed by atoms with Gasteiger partial charge in [-0.15, -0.1) is 0 Å². The number of nitrogens with zero attached hydrogens (tertiary/aromatic N) is 2. The fourth-order valence-electron chi connectivity index (χ4n) is 2.92. The van der Waals surface area contributed by atoms with E-state index in [0.717, 1.165) is 27.8 Å². The van der Waals surface area contributed by atoms with Crippen LogP contribution < -0.4 is 5.32 Å². The Morgan fingerprint density at radius 3 is 2.50 bits per heavy atom. The molecule has 0 aliphatic rings. The fraction of sp³-hybridized carbons (Fsp3) is 0.0476. The van der Waals surface area contributed by atoms with Gasteiger partial charge in [-0.1, -0.05) is 54.1 Å². The van der Waals surface area contributed by atoms with Gasteiger partial charge in [-0.2, -0.15) is 0 Å². The van der Waals surface area contributed by atoms with Crippen molar-refractivity contribution in [1.29, 1.82) is 0 Å². The third-order valence-corrected chi connectivity index (χ3v) is 4.52. The Morgan fingerprint density at radius 2 is 1.69 bits per heavy atom. The van der Waals surface area contributed by atoms with E-state index < -0.39 is 0 Å². The van der Waals surface area contributed by atoms with Crippen LogP contribution in [0.3, 0.4) is 0 Å². The third-order valence-electron chi connectivity index (χ3n) is 4.19. The highest BCUT2D eigenvalue weighted by Gasteiger charge is 2.08. The maximum absolute atomic E-state index is 12.4. The zero-order valence-corrected chi connectivity index (χ0v) is 14.6. The second-order valence-corrected chi connectivity index (χ2v) is 6.37. The second kappa shape index (κ2) is 7.02. The Balaban J connectivity index is 1.47. The smallest absolute Gasteiger partial charge is 0.244 e. The number of para-hydroxylation sites is 2. The molecule has 0 fully saturated rings. The zero-order valence-electron chi connectivity index (χ0n) is 13.9. The number of aromatic nitrogens is 2. The topological polar surface area (TPSA) is 46.9 Å². The summed E-state index contributed by atoms with van der Waals surface area (Å²) in [7, 11) is 0. The van der Waals surface area contributed by atoms with Crippen molar-refractivity contribution in [3.8, 4) is 11.1 Å². The summed E-state index contributed by atoms with van der Waals surface area (Å²) < 4.78 is 1.84. The van der Waals surface area contributed by atoms with E-state index in [-0.39, 0.29) is 12.5 Å². The first-order chi connectivity index (χ1) is 12.7. The highest BCUT2D eigenvalue weighted by atomic mass is 35.5. The molecule has 4 aromatic rings. The molecule has 4 nitrogen and oxygen atoms in total. The number of rotatable bonds is 4. The van der Waals surface area contributed by atoms with Crippen molar-refractivity contribution in [3.63, 3.8) is 0 Å². The van der Waals surface area contributed by atoms with Gasteiger partial charge in [0.05, 0.1) is 17.4 Å². The van der Waals surface area contributed by atoms with Crippen LogP contribution in [0.15, 0.2) is 79.1 Å². The molecule has 1 aromatic heterocycles. The summed E-state index contributed by atoms with van der Waals surface area (Å²) in [6.07, 6.45) is 1.69. The predicted octanol–water partition coefficient (Wildman–Crippen LogP) is 5.00. The molecule has 1 N–H and O–H groups in total. The predicted molar refractivity (Wildman–Crippen MR) is 105 cm³/mol. The average Bonchev–Trinajstić information content (AvgIpc) is 3.06. The van der Waals surface area contributed by atoms with Crippen LogP contribution in [-0.4, -0.2) is 15.5 Å². The number of carbonyl (C=O) groups excluding carboxylic acids is 1. The van der Waals surface area contributed by atoms with Crippen LogP contribution in [-0.2, 0) is 11.3 Å². The summed E-state index contributed by atoms with van der Waals surface area (Å²) in [6.45, 7) is 0.215. The molecule has 128 valence electrons. The molecule has 26 heavy (non-hydrogen) atoms. The number of hydrogen-bond acceptors (Lipinski definition) is 2. The number of hydrogen-bond donors (Lipinski definition) is 1. The summed E-state index contributed by atoms with van der Waals surface area (Å²) in [5, 5.41) is 3.62. The van der Waals surface area contributed by atoms with E-state index in [1.807, 2.05) is 77.4 Å². The minimum Gasteiger partial charge on any atom is -0.325 e. The van der Waals surface area contributed by atoms with Crippen molar-refractivity contribution < 1.29 is 4.79 Å². The van der Waals surface area contributed by atoms with Crippen LogP contribution in [0.5, 0.6) is 0 Å². The zero-order chi connectivity index (χ0) is 17.9. The van der Waals surface area contributed by atoms with Gasteiger partial charge in [0.1, 0.15) is 6.54 Å². The van der Waals surface area contributed by atoms with Gasteiger partial charge in [0.25, 0.3) is 0 Å². The van der Waals surface area contributed by atoms with Crippen molar-refractivity contribution in [2.45, 2.75) is 6.54 Å². The van der Waals surface area contributed by atoms with Crippen LogP contribution in [0.25, 0.3) is 22.2 Å². The van der Waals surface area contributed by atoms with Crippen LogP contribution >= 0.6 is 11.6 Å². The van der Waals surface area contributed by atoms with Gasteiger partial charge in [-0.3, -0.25) is 4.79 Å². The monoisotopic (exact) mass is 361 g/mol. The van der Waals surface area contributed by atoms with Gasteiger partial charge >= 0.3 is 0 Å². The molecule has 0 saturated heterocycles. The average molecular weight is 362 g/mol. The number of halogens is 1. The molecule has 0 saturated carbocycles. The van der Waals surface area contributed by atoms with Gasteiger partial charge in [0, 0.05) is 16.3 Å². The number of anilines is 1. The van der Waals surface area contributed by atoms with Gasteiger partial charge in [0.15, 0.2) is 0 Å². The second-order valence-electron chi connectivity index (χ2n) is 5.97. The van der Waals surface area contributed by atoms with Crippen LogP contribution in [0.2, 0.25) is 5.02 Å². The van der Waals surface area contributed by atoms with Gasteiger partial charge in [-0.25, -0.2) is 4.98 Å². The number of amides is 1. The molecule has 3 aromatic carbocycles. The number of benzene rings is 3. The summed E-state index contributed by atoms with van der Waals surface area (Å²) in [4.78, 5) is 16.7. The van der Waals surface area contributed by atoms with Crippen molar-refractivity contribution in [1.82, 2.24) is 9.55 Å². The molecule has 0 atom stereocenters. The first-order valence-corrected chi connectivity index (χ1v) is 8.63. The fourth-order valence-corrected chi connectivity index (χ4v) is 3.16. The Labute approximate surface area is 156 Å². The molecule has 4 rings (SSSR count). The van der Waals surface area contributed by atoms with E-state index in [0.29, 0.717) is 5.02 Å². The number of fused-ring (bicyclic) bond motifs is 1. The minimum absolute atomic E-state index is 0.0985. The quantitative estimate of drug-likeness (QED) is 0.556. The Morgan fingerprint density at radius 1 is 0.962 bits per heavy atom. The van der Waals surface area contributed by atoms with E-state index in [4.69, 9.17) is 11.6 Å². The molecule has 0 bridgehead atoms. The maximum atomic E-state index is 12.4. The first-order valence-electron chi connectivity index (χ1n) is 8.25. The van der Waals surface area contributed by atoms with Crippen molar-refractivity contribution in [3.05, 3.63) is 84.1 Å². The first kappa shape index (κ1) is 16.4. The highest BCUT2D eigenvalue weighted by molar-refractivity contribution is 6.33. The Kier molecular flexibility index (Phi) is 4.42. The summed E-state index contributed by atoms with van der Waals surface area (Å²) in [5.74, 6) is -0.0985. The molecule has 1 amide bonds. The Bertz CT molecular complexity index is 1070. The summed E-state index contributed by atoms with van der Waals surface area (Å²) >= 11 is 6.23. The van der Waals surface area contributed by atoms with E-state index in [9.17, 15) is 4.79 Å². The van der Waals surface area contributed by atoms with Gasteiger partial charge in [-0.05, 0) is 35.9 Å². The Hall–Kier alpha value is -3.11. The lowest BCUT2D eigenvalue weighted by Crippen LogP contribution is -2.18. The van der Waals surface area contributed by atoms with Crippen LogP contribution in [0, 0.1) is 0 Å². The molecule has 0 aliphatic carbocycles. The molecular weight excluding hydrogens is 346 g/mol. The van der Waals surface area contributed by atoms with Gasteiger partial charge in [0.2, 0.25) is 5.91 Å².